The van der Waals surface area contributed by atoms with Gasteiger partial charge in [-0.05, 0) is 56.5 Å². The average molecular weight is 268 g/mol. The van der Waals surface area contributed by atoms with Crippen LogP contribution in [0.3, 0.4) is 0 Å². The van der Waals surface area contributed by atoms with E-state index in [2.05, 4.69) is 61.4 Å². The highest BCUT2D eigenvalue weighted by Gasteiger charge is 2.13. The molecule has 0 aliphatic rings. The highest BCUT2D eigenvalue weighted by molar-refractivity contribution is 5.33. The van der Waals surface area contributed by atoms with Gasteiger partial charge < -0.3 is 5.32 Å². The average Bonchev–Trinajstić information content (AvgIpc) is 2.45. The van der Waals surface area contributed by atoms with Crippen LogP contribution in [0.5, 0.6) is 0 Å². The molecule has 2 nitrogen and oxygen atoms in total. The summed E-state index contributed by atoms with van der Waals surface area (Å²) < 4.78 is 0. The van der Waals surface area contributed by atoms with E-state index in [1.165, 1.54) is 22.4 Å². The molecular formula is C18H24N2. The van der Waals surface area contributed by atoms with Gasteiger partial charge in [0.25, 0.3) is 0 Å². The zero-order valence-corrected chi connectivity index (χ0v) is 12.7. The number of aromatic nitrogens is 1. The fraction of sp³-hybridized carbons (Fsp3) is 0.389. The molecule has 1 aromatic carbocycles. The monoisotopic (exact) mass is 268 g/mol. The number of hydrogen-bond donors (Lipinski definition) is 1. The van der Waals surface area contributed by atoms with Gasteiger partial charge in [0.2, 0.25) is 0 Å². The summed E-state index contributed by atoms with van der Waals surface area (Å²) >= 11 is 0. The van der Waals surface area contributed by atoms with Crippen LogP contribution in [0.4, 0.5) is 0 Å². The fourth-order valence-corrected chi connectivity index (χ4v) is 2.67. The van der Waals surface area contributed by atoms with Crippen LogP contribution in [-0.2, 0) is 6.42 Å². The second-order valence-electron chi connectivity index (χ2n) is 5.33. The molecule has 1 atom stereocenters. The molecule has 0 saturated carbocycles. The summed E-state index contributed by atoms with van der Waals surface area (Å²) in [6, 6.07) is 13.3. The van der Waals surface area contributed by atoms with Gasteiger partial charge in [0.15, 0.2) is 0 Å². The molecule has 0 saturated heterocycles. The molecule has 0 spiro atoms. The van der Waals surface area contributed by atoms with Crippen molar-refractivity contribution in [3.63, 3.8) is 0 Å². The lowest BCUT2D eigenvalue weighted by Crippen LogP contribution is -2.22. The fourth-order valence-electron chi connectivity index (χ4n) is 2.67. The van der Waals surface area contributed by atoms with Gasteiger partial charge in [0, 0.05) is 17.9 Å². The maximum atomic E-state index is 4.41. The first-order chi connectivity index (χ1) is 9.70. The molecule has 106 valence electrons. The summed E-state index contributed by atoms with van der Waals surface area (Å²) in [6.07, 6.45) is 3.95. The van der Waals surface area contributed by atoms with Crippen LogP contribution in [0.2, 0.25) is 0 Å². The molecule has 0 amide bonds. The predicted octanol–water partition coefficient (Wildman–Crippen LogP) is 3.98. The Kier molecular flexibility index (Phi) is 5.31. The van der Waals surface area contributed by atoms with E-state index < -0.39 is 0 Å². The number of pyridine rings is 1. The molecule has 2 heteroatoms. The molecule has 0 aliphatic heterocycles. The third kappa shape index (κ3) is 3.91. The second-order valence-corrected chi connectivity index (χ2v) is 5.33. The van der Waals surface area contributed by atoms with E-state index in [9.17, 15) is 0 Å². The largest absolute Gasteiger partial charge is 0.310 e. The molecule has 1 unspecified atom stereocenters. The van der Waals surface area contributed by atoms with E-state index in [-0.39, 0.29) is 0 Å². The Morgan fingerprint density at radius 2 is 2.00 bits per heavy atom. The Morgan fingerprint density at radius 3 is 2.65 bits per heavy atom. The Bertz CT molecular complexity index is 534. The predicted molar refractivity (Wildman–Crippen MR) is 84.9 cm³/mol. The van der Waals surface area contributed by atoms with Gasteiger partial charge in [-0.3, -0.25) is 4.98 Å². The maximum absolute atomic E-state index is 4.41. The minimum atomic E-state index is 0.405. The van der Waals surface area contributed by atoms with Gasteiger partial charge in [0.05, 0.1) is 0 Å². The molecule has 2 aromatic rings. The summed E-state index contributed by atoms with van der Waals surface area (Å²) in [7, 11) is 0. The first-order valence-electron chi connectivity index (χ1n) is 7.41. The zero-order valence-electron chi connectivity index (χ0n) is 12.7. The summed E-state index contributed by atoms with van der Waals surface area (Å²) in [5.41, 5.74) is 5.27. The van der Waals surface area contributed by atoms with Gasteiger partial charge in [-0.15, -0.1) is 0 Å². The summed E-state index contributed by atoms with van der Waals surface area (Å²) in [5, 5.41) is 3.60. The molecule has 0 bridgehead atoms. The molecule has 2 rings (SSSR count). The van der Waals surface area contributed by atoms with Crippen LogP contribution >= 0.6 is 0 Å². The standard InChI is InChI=1S/C18H24N2/c1-4-19-18(11-9-16-7-5-6-12-20-16)17-10-8-14(2)13-15(17)3/h5-8,10,12-13,18-19H,4,9,11H2,1-3H3. The van der Waals surface area contributed by atoms with Crippen LogP contribution in [0.25, 0.3) is 0 Å². The number of hydrogen-bond acceptors (Lipinski definition) is 2. The Hall–Kier alpha value is -1.67. The quantitative estimate of drug-likeness (QED) is 0.857. The van der Waals surface area contributed by atoms with Gasteiger partial charge in [-0.1, -0.05) is 36.8 Å². The van der Waals surface area contributed by atoms with Crippen molar-refractivity contribution in [2.75, 3.05) is 6.54 Å². The topological polar surface area (TPSA) is 24.9 Å². The summed E-state index contributed by atoms with van der Waals surface area (Å²) in [5.74, 6) is 0. The lowest BCUT2D eigenvalue weighted by molar-refractivity contribution is 0.510. The van der Waals surface area contributed by atoms with Crippen molar-refractivity contribution in [1.82, 2.24) is 10.3 Å². The molecule has 0 fully saturated rings. The van der Waals surface area contributed by atoms with Crippen molar-refractivity contribution in [3.8, 4) is 0 Å². The first-order valence-corrected chi connectivity index (χ1v) is 7.41. The van der Waals surface area contributed by atoms with E-state index in [4.69, 9.17) is 0 Å². The van der Waals surface area contributed by atoms with E-state index in [0.29, 0.717) is 6.04 Å². The minimum Gasteiger partial charge on any atom is -0.310 e. The van der Waals surface area contributed by atoms with Crippen molar-refractivity contribution in [2.45, 2.75) is 39.7 Å². The van der Waals surface area contributed by atoms with Crippen molar-refractivity contribution < 1.29 is 0 Å². The molecule has 1 N–H and O–H groups in total. The van der Waals surface area contributed by atoms with E-state index in [0.717, 1.165) is 19.4 Å². The van der Waals surface area contributed by atoms with E-state index in [1.807, 2.05) is 12.3 Å². The molecule has 0 radical (unpaired) electrons. The van der Waals surface area contributed by atoms with Gasteiger partial charge in [-0.2, -0.15) is 0 Å². The van der Waals surface area contributed by atoms with Crippen molar-refractivity contribution in [1.29, 1.82) is 0 Å². The Labute approximate surface area is 122 Å². The lowest BCUT2D eigenvalue weighted by Gasteiger charge is -2.20. The van der Waals surface area contributed by atoms with Gasteiger partial charge >= 0.3 is 0 Å². The summed E-state index contributed by atoms with van der Waals surface area (Å²) in [6.45, 7) is 7.50. The van der Waals surface area contributed by atoms with Crippen LogP contribution in [-0.4, -0.2) is 11.5 Å². The van der Waals surface area contributed by atoms with Crippen molar-refractivity contribution in [3.05, 3.63) is 65.0 Å². The zero-order chi connectivity index (χ0) is 14.4. The number of benzene rings is 1. The second kappa shape index (κ2) is 7.20. The normalized spacial score (nSPS) is 12.3. The third-order valence-corrected chi connectivity index (χ3v) is 3.67. The highest BCUT2D eigenvalue weighted by atomic mass is 14.9. The highest BCUT2D eigenvalue weighted by Crippen LogP contribution is 2.23. The smallest absolute Gasteiger partial charge is 0.0404 e. The molecule has 1 aromatic heterocycles. The van der Waals surface area contributed by atoms with Gasteiger partial charge in [0.1, 0.15) is 0 Å². The molecule has 20 heavy (non-hydrogen) atoms. The van der Waals surface area contributed by atoms with Crippen LogP contribution in [0.1, 0.15) is 41.8 Å². The first kappa shape index (κ1) is 14.7. The number of nitrogens with one attached hydrogen (secondary N) is 1. The molecule has 1 heterocycles. The van der Waals surface area contributed by atoms with Crippen LogP contribution < -0.4 is 5.32 Å². The lowest BCUT2D eigenvalue weighted by atomic mass is 9.95. The van der Waals surface area contributed by atoms with Crippen LogP contribution in [0, 0.1) is 13.8 Å². The maximum Gasteiger partial charge on any atom is 0.0404 e. The Balaban J connectivity index is 2.10. The van der Waals surface area contributed by atoms with E-state index >= 15 is 0 Å². The SMILES string of the molecule is CCNC(CCc1ccccn1)c1ccc(C)cc1C. The molecular weight excluding hydrogens is 244 g/mol. The number of nitrogens with zero attached hydrogens (tertiary/aromatic N) is 1. The van der Waals surface area contributed by atoms with Gasteiger partial charge in [-0.25, -0.2) is 0 Å². The summed E-state index contributed by atoms with van der Waals surface area (Å²) in [4.78, 5) is 4.41. The Morgan fingerprint density at radius 1 is 1.15 bits per heavy atom. The third-order valence-electron chi connectivity index (χ3n) is 3.67. The van der Waals surface area contributed by atoms with Crippen LogP contribution in [0.15, 0.2) is 42.6 Å². The van der Waals surface area contributed by atoms with E-state index in [1.54, 1.807) is 0 Å². The van der Waals surface area contributed by atoms with Crippen molar-refractivity contribution in [2.24, 2.45) is 0 Å². The minimum absolute atomic E-state index is 0.405. The number of rotatable bonds is 6. The molecule has 0 aliphatic carbocycles. The van der Waals surface area contributed by atoms with Crippen molar-refractivity contribution >= 4 is 0 Å². The number of aryl methyl sites for hydroxylation is 3.